The number of methoxy groups -OCH3 is 1. The number of hydrazine groups is 2. The van der Waals surface area contributed by atoms with E-state index in [-0.39, 0.29) is 27.7 Å². The van der Waals surface area contributed by atoms with Gasteiger partial charge in [0.25, 0.3) is 0 Å². The van der Waals surface area contributed by atoms with Crippen molar-refractivity contribution in [2.45, 2.75) is 34.8 Å². The molecule has 4 rings (SSSR count). The quantitative estimate of drug-likeness (QED) is 0.385. The number of hydrogen-bond acceptors (Lipinski definition) is 12. The van der Waals surface area contributed by atoms with Crippen LogP contribution in [-0.2, 0) is 4.74 Å². The number of aliphatic hydroxyl groups is 3. The van der Waals surface area contributed by atoms with Gasteiger partial charge in [0, 0.05) is 24.9 Å². The number of nitriles is 1. The highest BCUT2D eigenvalue weighted by atomic mass is 32.2. The van der Waals surface area contributed by atoms with Crippen LogP contribution < -0.4 is 10.2 Å². The van der Waals surface area contributed by atoms with Crippen molar-refractivity contribution in [1.82, 2.24) is 25.7 Å². The zero-order valence-electron chi connectivity index (χ0n) is 18.8. The molecular weight excluding hydrogens is 505 g/mol. The molecule has 0 saturated carbocycles. The molecule has 1 aromatic carbocycles. The van der Waals surface area contributed by atoms with Crippen LogP contribution in [0.1, 0.15) is 11.3 Å². The standard InChI is InChI=1S/C21H21F3N6O5S/c1-29-28-13(9-3-10(22)17(24)11(23)4-9)7-30(29)18-19(32)15(8-31)35-21(20(18)33)36-16-5-14(34-2)12(6-25)26-27-16/h3-5,7,15,18-21,28,31-33H,8H2,1-2H3/t15?,18?,19-,20?,21+/m0/s1. The molecule has 5 atom stereocenters. The number of rotatable bonds is 6. The number of nitrogens with one attached hydrogen (secondary N) is 1. The maximum absolute atomic E-state index is 13.8. The highest BCUT2D eigenvalue weighted by molar-refractivity contribution is 7.99. The maximum atomic E-state index is 13.8. The van der Waals surface area contributed by atoms with E-state index in [0.717, 1.165) is 23.9 Å². The van der Waals surface area contributed by atoms with E-state index in [1.54, 1.807) is 0 Å². The minimum atomic E-state index is -1.61. The Bertz CT molecular complexity index is 1190. The fourth-order valence-corrected chi connectivity index (χ4v) is 4.86. The molecule has 2 aliphatic heterocycles. The van der Waals surface area contributed by atoms with Crippen LogP contribution in [0.25, 0.3) is 5.70 Å². The number of benzene rings is 1. The van der Waals surface area contributed by atoms with Gasteiger partial charge >= 0.3 is 0 Å². The fourth-order valence-electron chi connectivity index (χ4n) is 3.86. The summed E-state index contributed by atoms with van der Waals surface area (Å²) >= 11 is 0.924. The third-order valence-electron chi connectivity index (χ3n) is 5.64. The second-order valence-electron chi connectivity index (χ2n) is 7.84. The minimum Gasteiger partial charge on any atom is -0.494 e. The molecule has 192 valence electrons. The van der Waals surface area contributed by atoms with Crippen LogP contribution in [0, 0.1) is 28.8 Å². The highest BCUT2D eigenvalue weighted by Gasteiger charge is 2.49. The summed E-state index contributed by atoms with van der Waals surface area (Å²) in [5, 5.41) is 51.5. The van der Waals surface area contributed by atoms with E-state index in [9.17, 15) is 28.5 Å². The second kappa shape index (κ2) is 10.5. The van der Waals surface area contributed by atoms with E-state index in [2.05, 4.69) is 15.6 Å². The first-order valence-electron chi connectivity index (χ1n) is 10.4. The van der Waals surface area contributed by atoms with Crippen molar-refractivity contribution in [3.05, 3.63) is 53.1 Å². The molecule has 1 aromatic heterocycles. The molecule has 0 bridgehead atoms. The molecule has 2 aromatic rings. The molecule has 2 aliphatic rings. The Morgan fingerprint density at radius 2 is 1.89 bits per heavy atom. The molecule has 36 heavy (non-hydrogen) atoms. The van der Waals surface area contributed by atoms with Crippen LogP contribution in [0.5, 0.6) is 5.75 Å². The lowest BCUT2D eigenvalue weighted by molar-refractivity contribution is -0.208. The van der Waals surface area contributed by atoms with Crippen molar-refractivity contribution in [1.29, 1.82) is 5.26 Å². The van der Waals surface area contributed by atoms with E-state index in [1.165, 1.54) is 36.6 Å². The Hall–Kier alpha value is -3.13. The number of ether oxygens (including phenoxy) is 2. The molecule has 0 radical (unpaired) electrons. The van der Waals surface area contributed by atoms with Crippen LogP contribution >= 0.6 is 11.8 Å². The highest BCUT2D eigenvalue weighted by Crippen LogP contribution is 2.37. The summed E-state index contributed by atoms with van der Waals surface area (Å²) in [5.74, 6) is -4.21. The van der Waals surface area contributed by atoms with Crippen molar-refractivity contribution in [3.8, 4) is 11.8 Å². The SMILES string of the molecule is COc1cc(S[C@H]2OC(CO)[C@H](O)C(N3C=C(c4cc(F)c(F)c(F)c4)NN3C)C2O)nnc1C#N. The largest absolute Gasteiger partial charge is 0.494 e. The molecule has 11 nitrogen and oxygen atoms in total. The van der Waals surface area contributed by atoms with E-state index < -0.39 is 53.8 Å². The van der Waals surface area contributed by atoms with Crippen molar-refractivity contribution in [2.75, 3.05) is 20.8 Å². The normalized spacial score (nSPS) is 26.4. The van der Waals surface area contributed by atoms with Gasteiger partial charge in [-0.15, -0.1) is 15.3 Å². The van der Waals surface area contributed by atoms with Gasteiger partial charge in [-0.25, -0.2) is 13.2 Å². The summed E-state index contributed by atoms with van der Waals surface area (Å²) in [4.78, 5) is 0. The zero-order chi connectivity index (χ0) is 26.1. The lowest BCUT2D eigenvalue weighted by Gasteiger charge is -2.46. The number of hydrogen-bond donors (Lipinski definition) is 4. The van der Waals surface area contributed by atoms with Gasteiger partial charge in [-0.3, -0.25) is 10.4 Å². The van der Waals surface area contributed by atoms with Crippen molar-refractivity contribution < 1.29 is 38.0 Å². The smallest absolute Gasteiger partial charge is 0.204 e. The number of aromatic nitrogens is 2. The van der Waals surface area contributed by atoms with Gasteiger partial charge in [-0.1, -0.05) is 11.8 Å². The number of aliphatic hydroxyl groups excluding tert-OH is 3. The van der Waals surface area contributed by atoms with Crippen molar-refractivity contribution >= 4 is 17.5 Å². The van der Waals surface area contributed by atoms with Crippen molar-refractivity contribution in [3.63, 3.8) is 0 Å². The lowest BCUT2D eigenvalue weighted by Crippen LogP contribution is -2.65. The van der Waals surface area contributed by atoms with Gasteiger partial charge in [0.1, 0.15) is 40.9 Å². The van der Waals surface area contributed by atoms with Gasteiger partial charge in [-0.05, 0) is 12.1 Å². The molecule has 15 heteroatoms. The predicted octanol–water partition coefficient (Wildman–Crippen LogP) is 0.339. The van der Waals surface area contributed by atoms with Crippen LogP contribution in [-0.4, -0.2) is 86.2 Å². The summed E-state index contributed by atoms with van der Waals surface area (Å²) in [6.07, 6.45) is -2.53. The van der Waals surface area contributed by atoms with Gasteiger partial charge < -0.3 is 24.8 Å². The molecule has 0 spiro atoms. The Labute approximate surface area is 207 Å². The van der Waals surface area contributed by atoms with Crippen molar-refractivity contribution in [2.24, 2.45) is 0 Å². The fraction of sp³-hybridized carbons (Fsp3) is 0.381. The first-order chi connectivity index (χ1) is 17.2. The summed E-state index contributed by atoms with van der Waals surface area (Å²) in [5.41, 5.74) is 1.87. The monoisotopic (exact) mass is 526 g/mol. The first-order valence-corrected chi connectivity index (χ1v) is 11.3. The summed E-state index contributed by atoms with van der Waals surface area (Å²) in [7, 11) is 2.87. The molecule has 4 N–H and O–H groups in total. The predicted molar refractivity (Wildman–Crippen MR) is 118 cm³/mol. The summed E-state index contributed by atoms with van der Waals surface area (Å²) in [6, 6.07) is 3.77. The number of nitrogens with zero attached hydrogens (tertiary/aromatic N) is 5. The maximum Gasteiger partial charge on any atom is 0.204 e. The topological polar surface area (TPSA) is 147 Å². The summed E-state index contributed by atoms with van der Waals surface area (Å²) in [6.45, 7) is -0.584. The Balaban J connectivity index is 1.63. The first kappa shape index (κ1) is 25.9. The van der Waals surface area contributed by atoms with E-state index in [4.69, 9.17) is 14.7 Å². The second-order valence-corrected chi connectivity index (χ2v) is 8.96. The van der Waals surface area contributed by atoms with Gasteiger partial charge in [0.15, 0.2) is 23.2 Å². The minimum absolute atomic E-state index is 0.0126. The average molecular weight is 526 g/mol. The third kappa shape index (κ3) is 4.78. The van der Waals surface area contributed by atoms with Gasteiger partial charge in [0.05, 0.1) is 19.4 Å². The summed E-state index contributed by atoms with van der Waals surface area (Å²) < 4.78 is 51.7. The van der Waals surface area contributed by atoms with Crippen LogP contribution in [0.3, 0.4) is 0 Å². The van der Waals surface area contributed by atoms with E-state index in [1.807, 2.05) is 6.07 Å². The Morgan fingerprint density at radius 1 is 1.19 bits per heavy atom. The molecule has 3 heterocycles. The molecule has 1 saturated heterocycles. The van der Waals surface area contributed by atoms with Crippen LogP contribution in [0.15, 0.2) is 29.4 Å². The molecule has 1 fully saturated rings. The third-order valence-corrected chi connectivity index (χ3v) is 6.70. The average Bonchev–Trinajstić information content (AvgIpc) is 3.25. The van der Waals surface area contributed by atoms with Gasteiger partial charge in [-0.2, -0.15) is 5.26 Å². The molecule has 3 unspecified atom stereocenters. The Kier molecular flexibility index (Phi) is 7.54. The Morgan fingerprint density at radius 3 is 2.50 bits per heavy atom. The van der Waals surface area contributed by atoms with Crippen LogP contribution in [0.2, 0.25) is 0 Å². The van der Waals surface area contributed by atoms with E-state index in [0.29, 0.717) is 0 Å². The molecule has 0 aliphatic carbocycles. The number of thioether (sulfide) groups is 1. The molecular formula is C21H21F3N6O5S. The number of halogens is 3. The van der Waals surface area contributed by atoms with Gasteiger partial charge in [0.2, 0.25) is 5.69 Å². The van der Waals surface area contributed by atoms with Crippen LogP contribution in [0.4, 0.5) is 13.2 Å². The lowest BCUT2D eigenvalue weighted by atomic mass is 9.96. The van der Waals surface area contributed by atoms with E-state index >= 15 is 0 Å². The zero-order valence-corrected chi connectivity index (χ0v) is 19.7. The molecule has 0 amide bonds.